The van der Waals surface area contributed by atoms with Crippen LogP contribution in [-0.2, 0) is 27.4 Å². The highest BCUT2D eigenvalue weighted by atomic mass is 16.7. The van der Waals surface area contributed by atoms with Crippen LogP contribution in [0.5, 0.6) is 0 Å². The van der Waals surface area contributed by atoms with Crippen LogP contribution in [-0.4, -0.2) is 61.6 Å². The maximum Gasteiger partial charge on any atom is 0.358 e. The van der Waals surface area contributed by atoms with Crippen molar-refractivity contribution < 1.29 is 24.1 Å². The Bertz CT molecular complexity index is 1040. The third-order valence-corrected chi connectivity index (χ3v) is 5.05. The predicted molar refractivity (Wildman–Crippen MR) is 110 cm³/mol. The highest BCUT2D eigenvalue weighted by molar-refractivity contribution is 5.84. The van der Waals surface area contributed by atoms with Crippen molar-refractivity contribution in [3.8, 4) is 0 Å². The summed E-state index contributed by atoms with van der Waals surface area (Å²) in [6, 6.07) is 2.16. The lowest BCUT2D eigenvalue weighted by Crippen LogP contribution is -2.23. The molecule has 0 unspecified atom stereocenters. The number of nitrogens with zero attached hydrogens (tertiary/aromatic N) is 5. The van der Waals surface area contributed by atoms with Gasteiger partial charge in [-0.25, -0.2) is 14.5 Å². The van der Waals surface area contributed by atoms with E-state index in [2.05, 4.69) is 22.6 Å². The lowest BCUT2D eigenvalue weighted by molar-refractivity contribution is -0.169. The minimum absolute atomic E-state index is 0.0907. The number of aromatic nitrogens is 5. The normalized spacial score (nSPS) is 14.0. The molecule has 10 nitrogen and oxygen atoms in total. The van der Waals surface area contributed by atoms with E-state index < -0.39 is 5.97 Å². The van der Waals surface area contributed by atoms with Crippen LogP contribution in [0, 0.1) is 0 Å². The smallest absolute Gasteiger partial charge is 0.358 e. The fourth-order valence-electron chi connectivity index (χ4n) is 3.49. The van der Waals surface area contributed by atoms with Crippen LogP contribution < -0.4 is 0 Å². The topological polar surface area (TPSA) is 113 Å². The molecule has 1 saturated carbocycles. The summed E-state index contributed by atoms with van der Waals surface area (Å²) < 4.78 is 20.5. The number of fused-ring (bicyclic) bond motifs is 1. The summed E-state index contributed by atoms with van der Waals surface area (Å²) in [4.78, 5) is 15.8. The Hall–Kier alpha value is -2.82. The monoisotopic (exact) mass is 429 g/mol. The molecule has 0 bridgehead atoms. The maximum atomic E-state index is 11.0. The molecule has 3 aromatic rings. The minimum atomic E-state index is -1.10. The summed E-state index contributed by atoms with van der Waals surface area (Å²) in [5, 5.41) is 16.5. The molecule has 0 amide bonds. The number of imidazole rings is 1. The first-order valence-electron chi connectivity index (χ1n) is 10.5. The molecule has 1 aliphatic rings. The van der Waals surface area contributed by atoms with E-state index in [0.29, 0.717) is 38.9 Å². The van der Waals surface area contributed by atoms with Crippen LogP contribution in [0.3, 0.4) is 0 Å². The first-order valence-corrected chi connectivity index (χ1v) is 10.5. The van der Waals surface area contributed by atoms with Crippen LogP contribution in [0.25, 0.3) is 5.65 Å². The molecule has 3 heterocycles. The van der Waals surface area contributed by atoms with Gasteiger partial charge in [-0.3, -0.25) is 0 Å². The van der Waals surface area contributed by atoms with E-state index >= 15 is 0 Å². The van der Waals surface area contributed by atoms with E-state index in [1.165, 1.54) is 29.3 Å². The Morgan fingerprint density at radius 2 is 2.00 bits per heavy atom. The van der Waals surface area contributed by atoms with Crippen molar-refractivity contribution in [2.24, 2.45) is 0 Å². The number of ether oxygens (including phenoxy) is 3. The van der Waals surface area contributed by atoms with Gasteiger partial charge in [0.05, 0.1) is 31.6 Å². The molecule has 0 atom stereocenters. The van der Waals surface area contributed by atoms with Gasteiger partial charge in [-0.15, -0.1) is 5.10 Å². The quantitative estimate of drug-likeness (QED) is 0.437. The van der Waals surface area contributed by atoms with Gasteiger partial charge in [0.1, 0.15) is 5.65 Å². The van der Waals surface area contributed by atoms with Crippen LogP contribution in [0.4, 0.5) is 0 Å². The summed E-state index contributed by atoms with van der Waals surface area (Å²) in [5.41, 5.74) is 3.74. The van der Waals surface area contributed by atoms with Gasteiger partial charge < -0.3 is 23.7 Å². The molecule has 0 radical (unpaired) electrons. The molecule has 0 spiro atoms. The number of rotatable bonds is 12. The Labute approximate surface area is 179 Å². The van der Waals surface area contributed by atoms with E-state index in [1.54, 1.807) is 0 Å². The molecule has 3 aromatic heterocycles. The largest absolute Gasteiger partial charge is 0.476 e. The Morgan fingerprint density at radius 3 is 2.65 bits per heavy atom. The van der Waals surface area contributed by atoms with Gasteiger partial charge in [-0.1, -0.05) is 5.21 Å². The van der Waals surface area contributed by atoms with E-state index in [1.807, 2.05) is 24.4 Å². The summed E-state index contributed by atoms with van der Waals surface area (Å²) in [6.45, 7) is 6.04. The standard InChI is InChI=1S/C21H27N5O5/c1-3-30-19(31-4-2)13-29-12-16-7-15(14-5-6-14)8-25-9-17(22-20(16)25)10-26-11-18(21(27)28)23-24-26/h7-9,11,14,19H,3-6,10,12-13H2,1-2H3,(H,27,28). The van der Waals surface area contributed by atoms with Gasteiger partial charge in [-0.2, -0.15) is 0 Å². The van der Waals surface area contributed by atoms with E-state index in [0.717, 1.165) is 16.9 Å². The second kappa shape index (κ2) is 9.54. The molecule has 1 N–H and O–H groups in total. The average molecular weight is 429 g/mol. The first-order chi connectivity index (χ1) is 15.1. The zero-order valence-electron chi connectivity index (χ0n) is 17.7. The van der Waals surface area contributed by atoms with E-state index in [-0.39, 0.29) is 12.0 Å². The number of aromatic carboxylic acids is 1. The van der Waals surface area contributed by atoms with Crippen molar-refractivity contribution in [3.63, 3.8) is 0 Å². The number of carboxylic acids is 1. The van der Waals surface area contributed by atoms with E-state index in [9.17, 15) is 4.79 Å². The van der Waals surface area contributed by atoms with Crippen molar-refractivity contribution in [1.29, 1.82) is 0 Å². The van der Waals surface area contributed by atoms with Gasteiger partial charge in [0.15, 0.2) is 12.0 Å². The molecule has 1 aliphatic carbocycles. The SMILES string of the molecule is CCOC(COCc1cc(C2CC2)cn2cc(Cn3cc(C(=O)O)nn3)nc12)OCC. The van der Waals surface area contributed by atoms with Gasteiger partial charge in [0, 0.05) is 31.2 Å². The maximum absolute atomic E-state index is 11.0. The second-order valence-electron chi connectivity index (χ2n) is 7.50. The van der Waals surface area contributed by atoms with Crippen LogP contribution in [0.1, 0.15) is 59.9 Å². The highest BCUT2D eigenvalue weighted by Crippen LogP contribution is 2.40. The Kier molecular flexibility index (Phi) is 6.59. The van der Waals surface area contributed by atoms with E-state index in [4.69, 9.17) is 24.3 Å². The summed E-state index contributed by atoms with van der Waals surface area (Å²) in [5.74, 6) is -0.519. The minimum Gasteiger partial charge on any atom is -0.476 e. The van der Waals surface area contributed by atoms with Crippen molar-refractivity contribution in [1.82, 2.24) is 24.4 Å². The molecule has 31 heavy (non-hydrogen) atoms. The first kappa shape index (κ1) is 21.4. The number of hydrogen-bond acceptors (Lipinski definition) is 7. The Balaban J connectivity index is 1.52. The fraction of sp³-hybridized carbons (Fsp3) is 0.524. The number of carbonyl (C=O) groups is 1. The Morgan fingerprint density at radius 1 is 1.23 bits per heavy atom. The predicted octanol–water partition coefficient (Wildman–Crippen LogP) is 2.47. The molecule has 0 aromatic carbocycles. The molecule has 10 heteroatoms. The second-order valence-corrected chi connectivity index (χ2v) is 7.50. The lowest BCUT2D eigenvalue weighted by atomic mass is 10.1. The van der Waals surface area contributed by atoms with Crippen LogP contribution in [0.15, 0.2) is 24.7 Å². The van der Waals surface area contributed by atoms with Gasteiger partial charge in [0.2, 0.25) is 0 Å². The molecule has 0 saturated heterocycles. The summed E-state index contributed by atoms with van der Waals surface area (Å²) >= 11 is 0. The summed E-state index contributed by atoms with van der Waals surface area (Å²) in [6.07, 6.45) is 7.45. The third-order valence-electron chi connectivity index (χ3n) is 5.05. The number of carboxylic acid groups (broad SMARTS) is 1. The van der Waals surface area contributed by atoms with Gasteiger partial charge in [0.25, 0.3) is 0 Å². The summed E-state index contributed by atoms with van der Waals surface area (Å²) in [7, 11) is 0. The van der Waals surface area contributed by atoms with Gasteiger partial charge >= 0.3 is 5.97 Å². The van der Waals surface area contributed by atoms with Crippen molar-refractivity contribution in [3.05, 3.63) is 47.2 Å². The third kappa shape index (κ3) is 5.27. The molecular formula is C21H27N5O5. The molecule has 4 rings (SSSR count). The van der Waals surface area contributed by atoms with Gasteiger partial charge in [-0.05, 0) is 44.2 Å². The fourth-order valence-corrected chi connectivity index (χ4v) is 3.49. The molecule has 1 fully saturated rings. The highest BCUT2D eigenvalue weighted by Gasteiger charge is 2.25. The van der Waals surface area contributed by atoms with Crippen molar-refractivity contribution in [2.75, 3.05) is 19.8 Å². The molecular weight excluding hydrogens is 402 g/mol. The molecule has 0 aliphatic heterocycles. The lowest BCUT2D eigenvalue weighted by Gasteiger charge is -2.17. The van der Waals surface area contributed by atoms with Crippen LogP contribution >= 0.6 is 0 Å². The van der Waals surface area contributed by atoms with Crippen LogP contribution in [0.2, 0.25) is 0 Å². The number of hydrogen-bond donors (Lipinski definition) is 1. The zero-order chi connectivity index (χ0) is 21.8. The molecule has 166 valence electrons. The van der Waals surface area contributed by atoms with Crippen molar-refractivity contribution in [2.45, 2.75) is 52.0 Å². The van der Waals surface area contributed by atoms with Crippen molar-refractivity contribution >= 4 is 11.6 Å². The zero-order valence-corrected chi connectivity index (χ0v) is 17.7. The average Bonchev–Trinajstić information content (AvgIpc) is 3.35. The number of pyridine rings is 1.